The fourth-order valence-corrected chi connectivity index (χ4v) is 4.28. The van der Waals surface area contributed by atoms with Crippen molar-refractivity contribution in [3.05, 3.63) is 86.9 Å². The SMILES string of the molecule is COc1ccc([N+](=O)[O-])cc1NS(=O)(=O)c1ccc(Cl)c(C(=O)OCC(=O)Nc2cccc(C#N)c2)c1. The van der Waals surface area contributed by atoms with Gasteiger partial charge in [-0.05, 0) is 42.5 Å². The molecule has 0 aliphatic heterocycles. The molecule has 0 aromatic heterocycles. The van der Waals surface area contributed by atoms with Crippen LogP contribution in [-0.4, -0.2) is 38.9 Å². The first-order valence-corrected chi connectivity index (χ1v) is 12.0. The largest absolute Gasteiger partial charge is 0.495 e. The highest BCUT2D eigenvalue weighted by molar-refractivity contribution is 7.92. The van der Waals surface area contributed by atoms with Crippen LogP contribution in [0.25, 0.3) is 0 Å². The van der Waals surface area contributed by atoms with Crippen molar-refractivity contribution in [2.45, 2.75) is 4.90 Å². The van der Waals surface area contributed by atoms with E-state index in [-0.39, 0.29) is 27.7 Å². The fourth-order valence-electron chi connectivity index (χ4n) is 2.99. The molecule has 37 heavy (non-hydrogen) atoms. The molecule has 12 nitrogen and oxygen atoms in total. The molecule has 0 fully saturated rings. The van der Waals surface area contributed by atoms with Crippen molar-refractivity contribution in [1.82, 2.24) is 0 Å². The molecule has 0 spiro atoms. The van der Waals surface area contributed by atoms with Crippen molar-refractivity contribution in [1.29, 1.82) is 5.26 Å². The summed E-state index contributed by atoms with van der Waals surface area (Å²) in [4.78, 5) is 34.6. The molecule has 3 aromatic rings. The molecule has 0 heterocycles. The zero-order chi connectivity index (χ0) is 27.2. The van der Waals surface area contributed by atoms with E-state index in [1.165, 1.54) is 25.3 Å². The summed E-state index contributed by atoms with van der Waals surface area (Å²) in [6.45, 7) is -0.716. The average molecular weight is 545 g/mol. The van der Waals surface area contributed by atoms with E-state index < -0.39 is 38.3 Å². The number of benzene rings is 3. The lowest BCUT2D eigenvalue weighted by Gasteiger charge is -2.13. The Morgan fingerprint density at radius 3 is 2.57 bits per heavy atom. The Balaban J connectivity index is 1.76. The van der Waals surface area contributed by atoms with Gasteiger partial charge >= 0.3 is 5.97 Å². The van der Waals surface area contributed by atoms with Gasteiger partial charge in [-0.2, -0.15) is 5.26 Å². The number of methoxy groups -OCH3 is 1. The number of ether oxygens (including phenoxy) is 2. The van der Waals surface area contributed by atoms with E-state index in [0.717, 1.165) is 30.3 Å². The van der Waals surface area contributed by atoms with E-state index in [1.807, 2.05) is 6.07 Å². The zero-order valence-corrected chi connectivity index (χ0v) is 20.5. The molecule has 0 saturated heterocycles. The minimum absolute atomic E-state index is 0.0223. The van der Waals surface area contributed by atoms with Crippen LogP contribution in [0.4, 0.5) is 17.1 Å². The number of halogens is 1. The van der Waals surface area contributed by atoms with Crippen LogP contribution in [0.3, 0.4) is 0 Å². The average Bonchev–Trinajstić information content (AvgIpc) is 2.87. The lowest BCUT2D eigenvalue weighted by Crippen LogP contribution is -2.21. The van der Waals surface area contributed by atoms with Crippen molar-refractivity contribution < 1.29 is 32.4 Å². The number of carbonyl (C=O) groups excluding carboxylic acids is 2. The molecule has 3 rings (SSSR count). The quantitative estimate of drug-likeness (QED) is 0.230. The Labute approximate surface area is 215 Å². The number of amides is 1. The summed E-state index contributed by atoms with van der Waals surface area (Å²) < 4.78 is 38.1. The topological polar surface area (TPSA) is 178 Å². The molecule has 1 amide bonds. The van der Waals surface area contributed by atoms with Crippen LogP contribution in [0.15, 0.2) is 65.6 Å². The number of rotatable bonds is 9. The van der Waals surface area contributed by atoms with Crippen LogP contribution in [0.1, 0.15) is 15.9 Å². The predicted octanol–water partition coefficient (Wildman–Crippen LogP) is 3.72. The first kappa shape index (κ1) is 26.9. The van der Waals surface area contributed by atoms with Crippen LogP contribution < -0.4 is 14.8 Å². The molecule has 0 unspecified atom stereocenters. The number of nitro groups is 1. The molecule has 3 aromatic carbocycles. The predicted molar refractivity (Wildman–Crippen MR) is 132 cm³/mol. The van der Waals surface area contributed by atoms with E-state index in [2.05, 4.69) is 10.0 Å². The Kier molecular flexibility index (Phi) is 8.28. The minimum Gasteiger partial charge on any atom is -0.495 e. The van der Waals surface area contributed by atoms with Gasteiger partial charge in [-0.25, -0.2) is 13.2 Å². The van der Waals surface area contributed by atoms with Crippen molar-refractivity contribution in [3.8, 4) is 11.8 Å². The number of nitrogens with zero attached hydrogens (tertiary/aromatic N) is 2. The maximum absolute atomic E-state index is 12.9. The normalized spacial score (nSPS) is 10.6. The first-order valence-electron chi connectivity index (χ1n) is 10.2. The number of nitriles is 1. The van der Waals surface area contributed by atoms with Gasteiger partial charge < -0.3 is 14.8 Å². The summed E-state index contributed by atoms with van der Waals surface area (Å²) in [5.41, 5.74) is -0.288. The number of carbonyl (C=O) groups is 2. The van der Waals surface area contributed by atoms with Gasteiger partial charge in [-0.3, -0.25) is 19.6 Å². The number of anilines is 2. The van der Waals surface area contributed by atoms with E-state index in [0.29, 0.717) is 11.3 Å². The summed E-state index contributed by atoms with van der Waals surface area (Å²) >= 11 is 6.04. The molecule has 0 aliphatic carbocycles. The second kappa shape index (κ2) is 11.4. The number of hydrogen-bond donors (Lipinski definition) is 2. The van der Waals surface area contributed by atoms with Gasteiger partial charge in [0.2, 0.25) is 0 Å². The van der Waals surface area contributed by atoms with Gasteiger partial charge in [0.05, 0.1) is 44.8 Å². The highest BCUT2D eigenvalue weighted by atomic mass is 35.5. The van der Waals surface area contributed by atoms with Crippen molar-refractivity contribution in [2.75, 3.05) is 23.8 Å². The van der Waals surface area contributed by atoms with Crippen molar-refractivity contribution >= 4 is 50.6 Å². The standard InChI is InChI=1S/C23H17ClN4O8S/c1-35-21-8-5-16(28(31)32)10-20(21)27-37(33,34)17-6-7-19(24)18(11-17)23(30)36-13-22(29)26-15-4-2-3-14(9-15)12-25/h2-11,27H,13H2,1H3,(H,26,29). The van der Waals surface area contributed by atoms with Gasteiger partial charge in [0.25, 0.3) is 21.6 Å². The highest BCUT2D eigenvalue weighted by Crippen LogP contribution is 2.31. The Bertz CT molecular complexity index is 1540. The third kappa shape index (κ3) is 6.72. The zero-order valence-electron chi connectivity index (χ0n) is 18.9. The molecular weight excluding hydrogens is 528 g/mol. The van der Waals surface area contributed by atoms with Gasteiger partial charge in [-0.1, -0.05) is 17.7 Å². The summed E-state index contributed by atoms with van der Waals surface area (Å²) in [7, 11) is -3.11. The second-order valence-electron chi connectivity index (χ2n) is 7.21. The van der Waals surface area contributed by atoms with Crippen LogP contribution in [-0.2, 0) is 19.6 Å². The van der Waals surface area contributed by atoms with Crippen LogP contribution >= 0.6 is 11.6 Å². The molecule has 0 atom stereocenters. The molecule has 0 saturated carbocycles. The third-order valence-corrected chi connectivity index (χ3v) is 6.41. The molecule has 0 bridgehead atoms. The molecule has 0 radical (unpaired) electrons. The smallest absolute Gasteiger partial charge is 0.340 e. The Hall–Kier alpha value is -4.67. The number of non-ortho nitro benzene ring substituents is 1. The fraction of sp³-hybridized carbons (Fsp3) is 0.0870. The van der Waals surface area contributed by atoms with E-state index in [1.54, 1.807) is 12.1 Å². The number of nitro benzene ring substituents is 1. The van der Waals surface area contributed by atoms with Crippen molar-refractivity contribution in [2.24, 2.45) is 0 Å². The lowest BCUT2D eigenvalue weighted by atomic mass is 10.2. The summed E-state index contributed by atoms with van der Waals surface area (Å²) in [5, 5.41) is 22.3. The molecule has 2 N–H and O–H groups in total. The molecule has 14 heteroatoms. The van der Waals surface area contributed by atoms with Crippen LogP contribution in [0.2, 0.25) is 5.02 Å². The maximum Gasteiger partial charge on any atom is 0.340 e. The Morgan fingerprint density at radius 1 is 1.14 bits per heavy atom. The number of nitrogens with one attached hydrogen (secondary N) is 2. The third-order valence-electron chi connectivity index (χ3n) is 4.72. The van der Waals surface area contributed by atoms with Crippen LogP contribution in [0, 0.1) is 21.4 Å². The monoisotopic (exact) mass is 544 g/mol. The van der Waals surface area contributed by atoms with Crippen LogP contribution in [0.5, 0.6) is 5.75 Å². The van der Waals surface area contributed by atoms with E-state index in [4.69, 9.17) is 26.3 Å². The Morgan fingerprint density at radius 2 is 1.89 bits per heavy atom. The molecular formula is C23H17ClN4O8S. The summed E-state index contributed by atoms with van der Waals surface area (Å²) in [5.74, 6) is -1.76. The first-order chi connectivity index (χ1) is 17.5. The molecule has 0 aliphatic rings. The van der Waals surface area contributed by atoms with Gasteiger partial charge in [-0.15, -0.1) is 0 Å². The van der Waals surface area contributed by atoms with Crippen molar-refractivity contribution in [3.63, 3.8) is 0 Å². The second-order valence-corrected chi connectivity index (χ2v) is 9.30. The number of sulfonamides is 1. The molecule has 190 valence electrons. The van der Waals surface area contributed by atoms with Gasteiger partial charge in [0.15, 0.2) is 6.61 Å². The van der Waals surface area contributed by atoms with Gasteiger partial charge in [0.1, 0.15) is 5.75 Å². The van der Waals surface area contributed by atoms with E-state index in [9.17, 15) is 28.1 Å². The number of hydrogen-bond acceptors (Lipinski definition) is 9. The lowest BCUT2D eigenvalue weighted by molar-refractivity contribution is -0.384. The van der Waals surface area contributed by atoms with Gasteiger partial charge in [0, 0.05) is 17.8 Å². The summed E-state index contributed by atoms with van der Waals surface area (Å²) in [6.07, 6.45) is 0. The summed E-state index contributed by atoms with van der Waals surface area (Å²) in [6, 6.07) is 14.5. The number of esters is 1. The van der Waals surface area contributed by atoms with E-state index >= 15 is 0 Å². The highest BCUT2D eigenvalue weighted by Gasteiger charge is 2.23. The maximum atomic E-state index is 12.9. The minimum atomic E-state index is -4.36.